The molecule has 1 heterocycles. The topological polar surface area (TPSA) is 177 Å². The maximum atomic E-state index is 12.3. The first-order chi connectivity index (χ1) is 21.5. The Morgan fingerprint density at radius 1 is 0.932 bits per heavy atom. The highest BCUT2D eigenvalue weighted by molar-refractivity contribution is 5.73. The first-order valence-electron chi connectivity index (χ1n) is 14.9. The summed E-state index contributed by atoms with van der Waals surface area (Å²) < 4.78 is 29.0. The number of nitrogens with zero attached hydrogens (tertiary/aromatic N) is 6. The van der Waals surface area contributed by atoms with Gasteiger partial charge in [-0.25, -0.2) is 4.79 Å². The van der Waals surface area contributed by atoms with E-state index in [4.69, 9.17) is 29.2 Å². The van der Waals surface area contributed by atoms with Gasteiger partial charge in [0.05, 0.1) is 78.3 Å². The predicted molar refractivity (Wildman–Crippen MR) is 165 cm³/mol. The van der Waals surface area contributed by atoms with Crippen molar-refractivity contribution < 1.29 is 33.6 Å². The average Bonchev–Trinajstić information content (AvgIpc) is 3.46. The van der Waals surface area contributed by atoms with Crippen LogP contribution < -0.4 is 10.6 Å². The highest BCUT2D eigenvalue weighted by Crippen LogP contribution is 2.12. The number of carbonyl (C=O) groups is 1. The van der Waals surface area contributed by atoms with Gasteiger partial charge < -0.3 is 44.3 Å². The van der Waals surface area contributed by atoms with Crippen molar-refractivity contribution in [3.8, 4) is 5.75 Å². The Balaban J connectivity index is 1.41. The minimum absolute atomic E-state index is 0.126. The summed E-state index contributed by atoms with van der Waals surface area (Å²) in [5.74, 6) is 0.242. The first-order valence-corrected chi connectivity index (χ1v) is 14.9. The largest absolute Gasteiger partial charge is 0.508 e. The molecule has 0 radical (unpaired) electrons. The van der Waals surface area contributed by atoms with Gasteiger partial charge >= 0.3 is 6.03 Å². The number of ether oxygens (including phenoxy) is 5. The average molecular weight is 621 g/mol. The molecule has 15 nitrogen and oxygen atoms in total. The Kier molecular flexibility index (Phi) is 20.0. The number of urea groups is 1. The zero-order valence-electron chi connectivity index (χ0n) is 25.9. The molecule has 1 aromatic carbocycles. The molecular weight excluding hydrogens is 572 g/mol. The predicted octanol–water partition coefficient (Wildman–Crippen LogP) is 2.00. The number of benzene rings is 1. The molecule has 246 valence electrons. The molecule has 0 aliphatic carbocycles. The molecule has 1 atom stereocenters. The fourth-order valence-corrected chi connectivity index (χ4v) is 3.87. The van der Waals surface area contributed by atoms with Crippen molar-refractivity contribution in [2.75, 3.05) is 99.8 Å². The van der Waals surface area contributed by atoms with Crippen molar-refractivity contribution in [3.63, 3.8) is 0 Å². The molecule has 0 saturated carbocycles. The molecule has 2 rings (SSSR count). The van der Waals surface area contributed by atoms with Crippen LogP contribution in [0.15, 0.2) is 41.6 Å². The SMILES string of the molecule is CN(C)[C@H](CNC(=O)NCCc1ccn(CCOCCOCCOCCOCCOCCN=[N+]=[N-])n1)Cc1ccc(O)cc1. The molecule has 2 amide bonds. The molecule has 44 heavy (non-hydrogen) atoms. The zero-order chi connectivity index (χ0) is 31.7. The molecule has 0 fully saturated rings. The van der Waals surface area contributed by atoms with Gasteiger partial charge in [-0.05, 0) is 49.8 Å². The van der Waals surface area contributed by atoms with Gasteiger partial charge in [0.25, 0.3) is 0 Å². The third-order valence-electron chi connectivity index (χ3n) is 6.35. The maximum Gasteiger partial charge on any atom is 0.314 e. The maximum absolute atomic E-state index is 12.3. The van der Waals surface area contributed by atoms with Crippen LogP contribution in [0.2, 0.25) is 0 Å². The fourth-order valence-electron chi connectivity index (χ4n) is 3.87. The van der Waals surface area contributed by atoms with E-state index in [9.17, 15) is 9.90 Å². The van der Waals surface area contributed by atoms with Gasteiger partial charge in [-0.1, -0.05) is 17.2 Å². The van der Waals surface area contributed by atoms with Crippen LogP contribution in [0.5, 0.6) is 5.75 Å². The van der Waals surface area contributed by atoms with Crippen LogP contribution in [0.25, 0.3) is 10.4 Å². The van der Waals surface area contributed by atoms with Gasteiger partial charge in [0.1, 0.15) is 5.75 Å². The molecule has 2 aromatic rings. The molecule has 0 saturated heterocycles. The number of rotatable bonds is 26. The molecular formula is C29H48N8O7. The Morgan fingerprint density at radius 2 is 1.52 bits per heavy atom. The van der Waals surface area contributed by atoms with E-state index in [1.165, 1.54) is 0 Å². The quantitative estimate of drug-likeness (QED) is 0.0614. The van der Waals surface area contributed by atoms with E-state index in [0.717, 1.165) is 17.7 Å². The van der Waals surface area contributed by atoms with E-state index in [2.05, 4.69) is 30.7 Å². The van der Waals surface area contributed by atoms with Gasteiger partial charge in [0.15, 0.2) is 0 Å². The van der Waals surface area contributed by atoms with Gasteiger partial charge in [0.2, 0.25) is 0 Å². The lowest BCUT2D eigenvalue weighted by Gasteiger charge is -2.25. The zero-order valence-corrected chi connectivity index (χ0v) is 25.9. The highest BCUT2D eigenvalue weighted by atomic mass is 16.6. The molecule has 1 aromatic heterocycles. The number of likely N-dealkylation sites (N-methyl/N-ethyl adjacent to an activating group) is 1. The van der Waals surface area contributed by atoms with E-state index < -0.39 is 0 Å². The Hall–Kier alpha value is -3.43. The lowest BCUT2D eigenvalue weighted by molar-refractivity contribution is -0.0111. The second-order valence-electron chi connectivity index (χ2n) is 9.96. The van der Waals surface area contributed by atoms with Crippen molar-refractivity contribution in [1.29, 1.82) is 0 Å². The highest BCUT2D eigenvalue weighted by Gasteiger charge is 2.14. The van der Waals surface area contributed by atoms with E-state index in [1.54, 1.807) is 12.1 Å². The number of hydrogen-bond donors (Lipinski definition) is 3. The summed E-state index contributed by atoms with van der Waals surface area (Å²) in [7, 11) is 3.97. The van der Waals surface area contributed by atoms with Crippen LogP contribution in [0.1, 0.15) is 11.3 Å². The number of carbonyl (C=O) groups excluding carboxylic acids is 1. The van der Waals surface area contributed by atoms with Crippen LogP contribution in [0.4, 0.5) is 4.79 Å². The van der Waals surface area contributed by atoms with Crippen LogP contribution >= 0.6 is 0 Å². The number of phenols is 1. The van der Waals surface area contributed by atoms with Crippen molar-refractivity contribution in [1.82, 2.24) is 25.3 Å². The van der Waals surface area contributed by atoms with Crippen molar-refractivity contribution in [3.05, 3.63) is 58.2 Å². The summed E-state index contributed by atoms with van der Waals surface area (Å²) in [4.78, 5) is 17.0. The molecule has 0 bridgehead atoms. The minimum Gasteiger partial charge on any atom is -0.508 e. The number of aromatic hydroxyl groups is 1. The number of azide groups is 1. The summed E-state index contributed by atoms with van der Waals surface area (Å²) >= 11 is 0. The van der Waals surface area contributed by atoms with Crippen molar-refractivity contribution in [2.45, 2.75) is 25.4 Å². The second-order valence-corrected chi connectivity index (χ2v) is 9.96. The summed E-state index contributed by atoms with van der Waals surface area (Å²) in [6.45, 7) is 6.65. The summed E-state index contributed by atoms with van der Waals surface area (Å²) in [6, 6.07) is 8.99. The Labute approximate surface area is 259 Å². The minimum atomic E-state index is -0.211. The molecule has 0 aliphatic rings. The molecule has 3 N–H and O–H groups in total. The number of amides is 2. The molecule has 0 spiro atoms. The Bertz CT molecular complexity index is 1060. The van der Waals surface area contributed by atoms with E-state index in [1.807, 2.05) is 43.2 Å². The van der Waals surface area contributed by atoms with Crippen LogP contribution in [0.3, 0.4) is 0 Å². The van der Waals surface area contributed by atoms with Gasteiger partial charge in [-0.2, -0.15) is 5.10 Å². The van der Waals surface area contributed by atoms with E-state index >= 15 is 0 Å². The third-order valence-corrected chi connectivity index (χ3v) is 6.35. The molecule has 0 aliphatic heterocycles. The molecule has 0 unspecified atom stereocenters. The van der Waals surface area contributed by atoms with Crippen LogP contribution in [-0.2, 0) is 43.1 Å². The monoisotopic (exact) mass is 620 g/mol. The van der Waals surface area contributed by atoms with E-state index in [-0.39, 0.29) is 17.8 Å². The summed E-state index contributed by atoms with van der Waals surface area (Å²) in [5.41, 5.74) is 10.1. The fraction of sp³-hybridized carbons (Fsp3) is 0.655. The third kappa shape index (κ3) is 18.3. The van der Waals surface area contributed by atoms with Gasteiger partial charge in [-0.15, -0.1) is 0 Å². The number of hydrogen-bond acceptors (Lipinski definition) is 10. The molecule has 15 heteroatoms. The number of aromatic nitrogens is 2. The summed E-state index contributed by atoms with van der Waals surface area (Å²) in [6.07, 6.45) is 3.29. The normalized spacial score (nSPS) is 11.8. The second kappa shape index (κ2) is 24.0. The number of nitrogens with one attached hydrogen (secondary N) is 2. The summed E-state index contributed by atoms with van der Waals surface area (Å²) in [5, 5.41) is 23.2. The number of phenolic OH excluding ortho intramolecular Hbond substituents is 1. The van der Waals surface area contributed by atoms with Gasteiger partial charge in [0, 0.05) is 43.2 Å². The smallest absolute Gasteiger partial charge is 0.314 e. The van der Waals surface area contributed by atoms with Crippen LogP contribution in [0, 0.1) is 0 Å². The lowest BCUT2D eigenvalue weighted by atomic mass is 10.1. The van der Waals surface area contributed by atoms with Crippen LogP contribution in [-0.4, -0.2) is 132 Å². The van der Waals surface area contributed by atoms with Crippen molar-refractivity contribution >= 4 is 6.03 Å². The standard InChI is InChI=1S/C29H48N8O7/c1-36(2)27(23-25-3-5-28(38)6-4-25)24-32-29(39)31-9-7-26-8-11-37(34-26)12-14-41-16-18-43-20-22-44-21-19-42-17-15-40-13-10-33-35-30/h3-6,8,11,27,38H,7,9-10,12-24H2,1-2H3,(H2,31,32,39)/t27-/m0/s1. The van der Waals surface area contributed by atoms with Gasteiger partial charge in [-0.3, -0.25) is 4.68 Å². The Morgan fingerprint density at radius 3 is 2.11 bits per heavy atom. The first kappa shape index (κ1) is 36.8. The lowest BCUT2D eigenvalue weighted by Crippen LogP contribution is -2.45. The van der Waals surface area contributed by atoms with E-state index in [0.29, 0.717) is 98.7 Å². The van der Waals surface area contributed by atoms with Crippen molar-refractivity contribution in [2.24, 2.45) is 5.11 Å².